The quantitative estimate of drug-likeness (QED) is 0.861. The summed E-state index contributed by atoms with van der Waals surface area (Å²) in [5.41, 5.74) is 0.977. The van der Waals surface area contributed by atoms with E-state index in [1.54, 1.807) is 0 Å². The van der Waals surface area contributed by atoms with E-state index in [0.717, 1.165) is 31.5 Å². The van der Waals surface area contributed by atoms with Gasteiger partial charge in [0.1, 0.15) is 6.04 Å². The zero-order valence-corrected chi connectivity index (χ0v) is 12.4. The highest BCUT2D eigenvalue weighted by Gasteiger charge is 2.45. The van der Waals surface area contributed by atoms with Gasteiger partial charge in [0.25, 0.3) is 0 Å². The lowest BCUT2D eigenvalue weighted by Crippen LogP contribution is -2.35. The molecule has 1 aliphatic heterocycles. The number of aliphatic hydroxyl groups excluding tert-OH is 1. The van der Waals surface area contributed by atoms with E-state index in [0.29, 0.717) is 18.4 Å². The van der Waals surface area contributed by atoms with Gasteiger partial charge in [-0.05, 0) is 31.2 Å². The number of fused-ring (bicyclic) bond motifs is 1. The molecule has 114 valence electrons. The predicted octanol–water partition coefficient (Wildman–Crippen LogP) is 1.99. The van der Waals surface area contributed by atoms with Crippen LogP contribution in [0.1, 0.15) is 31.4 Å². The third-order valence-electron chi connectivity index (χ3n) is 4.84. The van der Waals surface area contributed by atoms with E-state index in [2.05, 4.69) is 4.90 Å². The first-order chi connectivity index (χ1) is 10.2. The Morgan fingerprint density at radius 1 is 1.33 bits per heavy atom. The van der Waals surface area contributed by atoms with E-state index < -0.39 is 0 Å². The first-order valence-electron chi connectivity index (χ1n) is 7.84. The van der Waals surface area contributed by atoms with Crippen molar-refractivity contribution in [3.05, 3.63) is 35.9 Å². The minimum absolute atomic E-state index is 0.182. The monoisotopic (exact) mass is 289 g/mol. The molecule has 0 aromatic heterocycles. The number of nitrogens with zero attached hydrogens (tertiary/aromatic N) is 1. The first-order valence-corrected chi connectivity index (χ1v) is 7.84. The smallest absolute Gasteiger partial charge is 0.327 e. The average Bonchev–Trinajstić information content (AvgIpc) is 3.03. The van der Waals surface area contributed by atoms with E-state index in [-0.39, 0.29) is 18.1 Å². The third kappa shape index (κ3) is 2.83. The molecule has 1 saturated heterocycles. The highest BCUT2D eigenvalue weighted by atomic mass is 16.5. The van der Waals surface area contributed by atoms with Crippen molar-refractivity contribution in [2.75, 3.05) is 19.7 Å². The van der Waals surface area contributed by atoms with Gasteiger partial charge in [0.15, 0.2) is 0 Å². The van der Waals surface area contributed by atoms with Gasteiger partial charge in [-0.15, -0.1) is 0 Å². The van der Waals surface area contributed by atoms with Crippen molar-refractivity contribution in [2.24, 2.45) is 11.8 Å². The van der Waals surface area contributed by atoms with Crippen molar-refractivity contribution in [2.45, 2.75) is 31.9 Å². The lowest BCUT2D eigenvalue weighted by Gasteiger charge is -2.27. The zero-order chi connectivity index (χ0) is 14.8. The minimum atomic E-state index is -0.344. The molecule has 4 nitrogen and oxygen atoms in total. The van der Waals surface area contributed by atoms with Crippen molar-refractivity contribution in [3.8, 4) is 0 Å². The van der Waals surface area contributed by atoms with Crippen LogP contribution < -0.4 is 0 Å². The Balaban J connectivity index is 1.82. The molecule has 0 bridgehead atoms. The number of hydrogen-bond donors (Lipinski definition) is 1. The van der Waals surface area contributed by atoms with E-state index in [1.807, 2.05) is 37.3 Å². The summed E-state index contributed by atoms with van der Waals surface area (Å²) < 4.78 is 5.28. The summed E-state index contributed by atoms with van der Waals surface area (Å²) in [4.78, 5) is 14.6. The van der Waals surface area contributed by atoms with Gasteiger partial charge < -0.3 is 9.84 Å². The summed E-state index contributed by atoms with van der Waals surface area (Å²) in [6.07, 6.45) is 1.75. The molecule has 0 radical (unpaired) electrons. The number of ether oxygens (including phenoxy) is 1. The topological polar surface area (TPSA) is 49.8 Å². The molecular formula is C17H23NO3. The molecule has 4 heteroatoms. The summed E-state index contributed by atoms with van der Waals surface area (Å²) in [5.74, 6) is 0.643. The molecule has 1 aromatic rings. The van der Waals surface area contributed by atoms with Crippen molar-refractivity contribution >= 4 is 5.97 Å². The molecule has 21 heavy (non-hydrogen) atoms. The molecule has 1 saturated carbocycles. The van der Waals surface area contributed by atoms with Crippen LogP contribution in [0.15, 0.2) is 30.3 Å². The maximum atomic E-state index is 12.4. The van der Waals surface area contributed by atoms with Crippen LogP contribution >= 0.6 is 0 Å². The summed E-state index contributed by atoms with van der Waals surface area (Å²) >= 11 is 0. The lowest BCUT2D eigenvalue weighted by atomic mass is 10.00. The summed E-state index contributed by atoms with van der Waals surface area (Å²) in [6, 6.07) is 9.47. The highest BCUT2D eigenvalue weighted by Crippen LogP contribution is 2.41. The predicted molar refractivity (Wildman–Crippen MR) is 79.6 cm³/mol. The Kier molecular flexibility index (Phi) is 4.27. The van der Waals surface area contributed by atoms with Crippen molar-refractivity contribution in [1.82, 2.24) is 4.90 Å². The van der Waals surface area contributed by atoms with E-state index >= 15 is 0 Å². The Bertz CT molecular complexity index is 490. The van der Waals surface area contributed by atoms with Gasteiger partial charge in [-0.1, -0.05) is 30.3 Å². The third-order valence-corrected chi connectivity index (χ3v) is 4.84. The number of likely N-dealkylation sites (tertiary alicyclic amines) is 1. The second kappa shape index (κ2) is 6.16. The molecule has 2 aliphatic rings. The zero-order valence-electron chi connectivity index (χ0n) is 12.4. The first kappa shape index (κ1) is 14.5. The Morgan fingerprint density at radius 2 is 2.10 bits per heavy atom. The number of carbonyl (C=O) groups is 1. The number of benzene rings is 1. The van der Waals surface area contributed by atoms with E-state index in [4.69, 9.17) is 4.74 Å². The van der Waals surface area contributed by atoms with Gasteiger partial charge in [-0.3, -0.25) is 4.90 Å². The molecule has 3 rings (SSSR count). The highest BCUT2D eigenvalue weighted by molar-refractivity contribution is 5.77. The van der Waals surface area contributed by atoms with E-state index in [9.17, 15) is 9.90 Å². The number of aliphatic hydroxyl groups is 1. The van der Waals surface area contributed by atoms with Crippen molar-refractivity contribution in [1.29, 1.82) is 0 Å². The normalized spacial score (nSPS) is 30.1. The fourth-order valence-corrected chi connectivity index (χ4v) is 3.83. The largest absolute Gasteiger partial charge is 0.465 e. The van der Waals surface area contributed by atoms with Gasteiger partial charge in [0.2, 0.25) is 0 Å². The fourth-order valence-electron chi connectivity index (χ4n) is 3.83. The van der Waals surface area contributed by atoms with Crippen molar-refractivity contribution in [3.63, 3.8) is 0 Å². The maximum absolute atomic E-state index is 12.4. The summed E-state index contributed by atoms with van der Waals surface area (Å²) in [7, 11) is 0. The molecule has 0 amide bonds. The Morgan fingerprint density at radius 3 is 2.76 bits per heavy atom. The SMILES string of the molecule is CCOC(=O)C(c1ccccc1)N1CC2CCC(O)C2C1. The average molecular weight is 289 g/mol. The number of carbonyl (C=O) groups excluding carboxylic acids is 1. The van der Waals surface area contributed by atoms with E-state index in [1.165, 1.54) is 0 Å². The standard InChI is InChI=1S/C17H23NO3/c1-2-21-17(20)16(12-6-4-3-5-7-12)18-10-13-8-9-15(19)14(13)11-18/h3-7,13-16,19H,2,8-11H2,1H3. The van der Waals surface area contributed by atoms with Crippen LogP contribution in [0.2, 0.25) is 0 Å². The van der Waals surface area contributed by atoms with Gasteiger partial charge in [0, 0.05) is 19.0 Å². The number of rotatable bonds is 4. The molecule has 1 heterocycles. The summed E-state index contributed by atoms with van der Waals surface area (Å²) in [6.45, 7) is 3.89. The molecular weight excluding hydrogens is 266 g/mol. The second-order valence-corrected chi connectivity index (χ2v) is 6.09. The second-order valence-electron chi connectivity index (χ2n) is 6.09. The van der Waals surface area contributed by atoms with Crippen LogP contribution in [0.4, 0.5) is 0 Å². The summed E-state index contributed by atoms with van der Waals surface area (Å²) in [5, 5.41) is 10.1. The molecule has 2 fully saturated rings. The number of hydrogen-bond acceptors (Lipinski definition) is 4. The Labute approximate surface area is 125 Å². The van der Waals surface area contributed by atoms with Crippen molar-refractivity contribution < 1.29 is 14.6 Å². The van der Waals surface area contributed by atoms with Crippen LogP contribution in [-0.4, -0.2) is 41.8 Å². The maximum Gasteiger partial charge on any atom is 0.327 e. The lowest BCUT2D eigenvalue weighted by molar-refractivity contribution is -0.149. The molecule has 1 N–H and O–H groups in total. The van der Waals surface area contributed by atoms with Crippen LogP contribution in [0.3, 0.4) is 0 Å². The molecule has 4 unspecified atom stereocenters. The van der Waals surface area contributed by atoms with Gasteiger partial charge >= 0.3 is 5.97 Å². The molecule has 4 atom stereocenters. The van der Waals surface area contributed by atoms with Gasteiger partial charge in [-0.2, -0.15) is 0 Å². The minimum Gasteiger partial charge on any atom is -0.465 e. The molecule has 1 aliphatic carbocycles. The van der Waals surface area contributed by atoms with Gasteiger partial charge in [-0.25, -0.2) is 4.79 Å². The Hall–Kier alpha value is -1.39. The van der Waals surface area contributed by atoms with Crippen LogP contribution in [0.5, 0.6) is 0 Å². The fraction of sp³-hybridized carbons (Fsp3) is 0.588. The van der Waals surface area contributed by atoms with Crippen LogP contribution in [0, 0.1) is 11.8 Å². The van der Waals surface area contributed by atoms with Crippen LogP contribution in [0.25, 0.3) is 0 Å². The molecule has 1 aromatic carbocycles. The molecule has 0 spiro atoms. The van der Waals surface area contributed by atoms with Gasteiger partial charge in [0.05, 0.1) is 12.7 Å². The van der Waals surface area contributed by atoms with Crippen LogP contribution in [-0.2, 0) is 9.53 Å². The number of esters is 1.